The summed E-state index contributed by atoms with van der Waals surface area (Å²) in [6.07, 6.45) is 3.94. The number of aromatic nitrogens is 1. The lowest BCUT2D eigenvalue weighted by molar-refractivity contribution is 0.0695. The van der Waals surface area contributed by atoms with Crippen LogP contribution in [0.3, 0.4) is 0 Å². The van der Waals surface area contributed by atoms with Crippen molar-refractivity contribution in [3.8, 4) is 11.3 Å². The predicted molar refractivity (Wildman–Crippen MR) is 63.7 cm³/mol. The first-order valence-corrected chi connectivity index (χ1v) is 5.73. The number of aromatic carboxylic acids is 1. The molecule has 5 nitrogen and oxygen atoms in total. The third kappa shape index (κ3) is 1.48. The van der Waals surface area contributed by atoms with Gasteiger partial charge in [0.15, 0.2) is 0 Å². The van der Waals surface area contributed by atoms with Gasteiger partial charge in [-0.05, 0) is 37.0 Å². The maximum absolute atomic E-state index is 11.9. The highest BCUT2D eigenvalue weighted by molar-refractivity contribution is 5.96. The molecule has 0 spiro atoms. The zero-order valence-electron chi connectivity index (χ0n) is 9.53. The minimum absolute atomic E-state index is 0.231. The summed E-state index contributed by atoms with van der Waals surface area (Å²) in [5.41, 5.74) is 1.36. The van der Waals surface area contributed by atoms with E-state index in [1.165, 1.54) is 6.26 Å². The van der Waals surface area contributed by atoms with Gasteiger partial charge in [0.05, 0.1) is 6.26 Å². The molecule has 2 aromatic rings. The summed E-state index contributed by atoms with van der Waals surface area (Å²) >= 11 is 0. The Labute approximate surface area is 102 Å². The number of pyridine rings is 1. The van der Waals surface area contributed by atoms with E-state index >= 15 is 0 Å². The zero-order valence-corrected chi connectivity index (χ0v) is 9.53. The van der Waals surface area contributed by atoms with Crippen LogP contribution < -0.4 is 5.56 Å². The molecule has 2 heterocycles. The molecule has 0 fully saturated rings. The van der Waals surface area contributed by atoms with Gasteiger partial charge in [0.1, 0.15) is 11.3 Å². The normalized spacial score (nSPS) is 13.6. The third-order valence-corrected chi connectivity index (χ3v) is 3.24. The van der Waals surface area contributed by atoms with Crippen LogP contribution in [0.5, 0.6) is 0 Å². The van der Waals surface area contributed by atoms with Crippen LogP contribution in [0.2, 0.25) is 0 Å². The van der Waals surface area contributed by atoms with Crippen LogP contribution in [0.15, 0.2) is 27.6 Å². The molecule has 18 heavy (non-hydrogen) atoms. The van der Waals surface area contributed by atoms with Crippen LogP contribution >= 0.6 is 0 Å². The van der Waals surface area contributed by atoms with Crippen molar-refractivity contribution in [2.75, 3.05) is 0 Å². The molecule has 2 N–H and O–H groups in total. The molecule has 3 rings (SSSR count). The molecule has 0 bridgehead atoms. The SMILES string of the molecule is O=C(O)c1c(-c2ccco2)c2c([nH]c1=O)CCC2. The standard InChI is InChI=1S/C13H11NO4/c15-12-11(13(16)17)10(9-5-2-6-18-9)7-3-1-4-8(7)14-12/h2,5-6H,1,3-4H2,(H,14,15)(H,16,17). The second kappa shape index (κ2) is 3.87. The fourth-order valence-electron chi connectivity index (χ4n) is 2.52. The molecule has 0 aliphatic heterocycles. The molecule has 0 radical (unpaired) electrons. The molecule has 0 atom stereocenters. The second-order valence-corrected chi connectivity index (χ2v) is 4.30. The van der Waals surface area contributed by atoms with Gasteiger partial charge in [0.25, 0.3) is 5.56 Å². The van der Waals surface area contributed by atoms with Crippen molar-refractivity contribution in [3.05, 3.63) is 45.6 Å². The number of aromatic amines is 1. The molecule has 0 unspecified atom stereocenters. The third-order valence-electron chi connectivity index (χ3n) is 3.24. The lowest BCUT2D eigenvalue weighted by Gasteiger charge is -2.09. The van der Waals surface area contributed by atoms with Gasteiger partial charge in [-0.1, -0.05) is 0 Å². The topological polar surface area (TPSA) is 83.3 Å². The van der Waals surface area contributed by atoms with Crippen LogP contribution in [0.25, 0.3) is 11.3 Å². The number of rotatable bonds is 2. The number of hydrogen-bond donors (Lipinski definition) is 2. The summed E-state index contributed by atoms with van der Waals surface area (Å²) in [6.45, 7) is 0. The van der Waals surface area contributed by atoms with Gasteiger partial charge in [-0.2, -0.15) is 0 Å². The maximum atomic E-state index is 11.9. The fourth-order valence-corrected chi connectivity index (χ4v) is 2.52. The van der Waals surface area contributed by atoms with E-state index in [4.69, 9.17) is 4.42 Å². The van der Waals surface area contributed by atoms with Crippen molar-refractivity contribution >= 4 is 5.97 Å². The van der Waals surface area contributed by atoms with Crippen molar-refractivity contribution in [1.29, 1.82) is 0 Å². The molecule has 1 aliphatic carbocycles. The molecular formula is C13H11NO4. The first-order valence-electron chi connectivity index (χ1n) is 5.73. The number of aryl methyl sites for hydroxylation is 1. The van der Waals surface area contributed by atoms with Crippen LogP contribution in [-0.4, -0.2) is 16.1 Å². The summed E-state index contributed by atoms with van der Waals surface area (Å²) in [5, 5.41) is 9.21. The molecule has 5 heteroatoms. The van der Waals surface area contributed by atoms with E-state index < -0.39 is 11.5 Å². The van der Waals surface area contributed by atoms with E-state index in [2.05, 4.69) is 4.98 Å². The van der Waals surface area contributed by atoms with Gasteiger partial charge >= 0.3 is 5.97 Å². The predicted octanol–water partition coefficient (Wildman–Crippen LogP) is 1.82. The monoisotopic (exact) mass is 245 g/mol. The summed E-state index contributed by atoms with van der Waals surface area (Å²) in [6, 6.07) is 3.36. The number of nitrogens with one attached hydrogen (secondary N) is 1. The molecule has 0 amide bonds. The van der Waals surface area contributed by atoms with Crippen molar-refractivity contribution < 1.29 is 14.3 Å². The maximum Gasteiger partial charge on any atom is 0.342 e. The largest absolute Gasteiger partial charge is 0.477 e. The van der Waals surface area contributed by atoms with Crippen LogP contribution in [-0.2, 0) is 12.8 Å². The van der Waals surface area contributed by atoms with E-state index in [0.29, 0.717) is 11.3 Å². The first-order chi connectivity index (χ1) is 8.68. The number of furan rings is 1. The van der Waals surface area contributed by atoms with Crippen LogP contribution in [0, 0.1) is 0 Å². The molecule has 0 saturated carbocycles. The molecule has 0 saturated heterocycles. The summed E-state index contributed by atoms with van der Waals surface area (Å²) in [4.78, 5) is 25.8. The second-order valence-electron chi connectivity index (χ2n) is 4.30. The Morgan fingerprint density at radius 2 is 2.22 bits per heavy atom. The van der Waals surface area contributed by atoms with Crippen molar-refractivity contribution in [2.24, 2.45) is 0 Å². The summed E-state index contributed by atoms with van der Waals surface area (Å²) < 4.78 is 5.27. The number of carboxylic acids is 1. The highest BCUT2D eigenvalue weighted by atomic mass is 16.4. The van der Waals surface area contributed by atoms with Crippen molar-refractivity contribution in [3.63, 3.8) is 0 Å². The smallest absolute Gasteiger partial charge is 0.342 e. The average Bonchev–Trinajstić information content (AvgIpc) is 2.96. The number of H-pyrrole nitrogens is 1. The van der Waals surface area contributed by atoms with E-state index in [1.807, 2.05) is 0 Å². The van der Waals surface area contributed by atoms with Crippen LogP contribution in [0.4, 0.5) is 0 Å². The van der Waals surface area contributed by atoms with Crippen molar-refractivity contribution in [1.82, 2.24) is 4.98 Å². The average molecular weight is 245 g/mol. The molecular weight excluding hydrogens is 234 g/mol. The minimum Gasteiger partial charge on any atom is -0.477 e. The summed E-state index contributed by atoms with van der Waals surface area (Å²) in [7, 11) is 0. The molecule has 1 aliphatic rings. The Morgan fingerprint density at radius 1 is 1.39 bits per heavy atom. The summed E-state index contributed by atoms with van der Waals surface area (Å²) in [5.74, 6) is -0.783. The quantitative estimate of drug-likeness (QED) is 0.845. The Kier molecular flexibility index (Phi) is 2.33. The Bertz CT molecular complexity index is 667. The van der Waals surface area contributed by atoms with E-state index in [1.54, 1.807) is 12.1 Å². The Balaban J connectivity index is 2.40. The zero-order chi connectivity index (χ0) is 12.7. The number of carboxylic acid groups (broad SMARTS) is 1. The Hall–Kier alpha value is -2.30. The highest BCUT2D eigenvalue weighted by Crippen LogP contribution is 2.32. The lowest BCUT2D eigenvalue weighted by Crippen LogP contribution is -2.21. The lowest BCUT2D eigenvalue weighted by atomic mass is 9.99. The minimum atomic E-state index is -1.22. The van der Waals surface area contributed by atoms with E-state index in [9.17, 15) is 14.7 Å². The van der Waals surface area contributed by atoms with Gasteiger partial charge in [0, 0.05) is 11.3 Å². The number of fused-ring (bicyclic) bond motifs is 1. The molecule has 92 valence electrons. The first kappa shape index (κ1) is 10.8. The molecule has 0 aromatic carbocycles. The Morgan fingerprint density at radius 3 is 2.89 bits per heavy atom. The van der Waals surface area contributed by atoms with Gasteiger partial charge in [0.2, 0.25) is 0 Å². The fraction of sp³-hybridized carbons (Fsp3) is 0.231. The van der Waals surface area contributed by atoms with Gasteiger partial charge in [-0.3, -0.25) is 4.79 Å². The van der Waals surface area contributed by atoms with E-state index in [-0.39, 0.29) is 5.56 Å². The van der Waals surface area contributed by atoms with Gasteiger partial charge < -0.3 is 14.5 Å². The van der Waals surface area contributed by atoms with Crippen LogP contribution in [0.1, 0.15) is 28.0 Å². The van der Waals surface area contributed by atoms with Crippen molar-refractivity contribution in [2.45, 2.75) is 19.3 Å². The van der Waals surface area contributed by atoms with Gasteiger partial charge in [-0.25, -0.2) is 4.79 Å². The number of hydrogen-bond acceptors (Lipinski definition) is 3. The highest BCUT2D eigenvalue weighted by Gasteiger charge is 2.26. The van der Waals surface area contributed by atoms with E-state index in [0.717, 1.165) is 30.5 Å². The molecule has 2 aromatic heterocycles. The van der Waals surface area contributed by atoms with Gasteiger partial charge in [-0.15, -0.1) is 0 Å². The number of carbonyl (C=O) groups is 1.